The van der Waals surface area contributed by atoms with E-state index in [9.17, 15) is 0 Å². The third-order valence-electron chi connectivity index (χ3n) is 14.3. The van der Waals surface area contributed by atoms with Gasteiger partial charge in [0, 0.05) is 29.6 Å². The lowest BCUT2D eigenvalue weighted by molar-refractivity contribution is 0.355. The molecule has 1 saturated carbocycles. The van der Waals surface area contributed by atoms with E-state index in [0.29, 0.717) is 47.3 Å². The highest BCUT2D eigenvalue weighted by Gasteiger charge is 2.60. The zero-order valence-corrected chi connectivity index (χ0v) is 21.4. The fourth-order valence-corrected chi connectivity index (χ4v) is 13.7. The van der Waals surface area contributed by atoms with Gasteiger partial charge < -0.3 is 0 Å². The first kappa shape index (κ1) is 16.8. The number of hydrogen-bond donors (Lipinski definition) is 0. The van der Waals surface area contributed by atoms with Gasteiger partial charge in [-0.25, -0.2) is 0 Å². The van der Waals surface area contributed by atoms with Crippen molar-refractivity contribution in [1.29, 1.82) is 0 Å². The molecule has 0 saturated heterocycles. The minimum absolute atomic E-state index is 0.481. The second-order valence-electron chi connectivity index (χ2n) is 14.8. The summed E-state index contributed by atoms with van der Waals surface area (Å²) in [6, 6.07) is 5.08. The molecule has 0 N–H and O–H groups in total. The van der Waals surface area contributed by atoms with Gasteiger partial charge in [0.05, 0.1) is 0 Å². The van der Waals surface area contributed by atoms with Crippen LogP contribution in [0.2, 0.25) is 0 Å². The smallest absolute Gasteiger partial charge is 0.0142 e. The van der Waals surface area contributed by atoms with Crippen LogP contribution in [0, 0.1) is 17.8 Å². The van der Waals surface area contributed by atoms with E-state index in [1.807, 2.05) is 5.57 Å². The van der Waals surface area contributed by atoms with Crippen molar-refractivity contribution >= 4 is 88.4 Å². The molecule has 0 aliphatic heterocycles. The lowest BCUT2D eigenvalue weighted by Gasteiger charge is -2.37. The summed E-state index contributed by atoms with van der Waals surface area (Å²) in [7, 11) is 0. The van der Waals surface area contributed by atoms with Gasteiger partial charge >= 0.3 is 0 Å². The Morgan fingerprint density at radius 2 is 1.23 bits per heavy atom. The molecule has 40 heavy (non-hydrogen) atoms. The van der Waals surface area contributed by atoms with Gasteiger partial charge in [0.15, 0.2) is 0 Å². The highest BCUT2D eigenvalue weighted by molar-refractivity contribution is 6.48. The molecule has 0 heteroatoms. The predicted molar refractivity (Wildman–Crippen MR) is 164 cm³/mol. The van der Waals surface area contributed by atoms with Crippen LogP contribution in [0.3, 0.4) is 0 Å². The summed E-state index contributed by atoms with van der Waals surface area (Å²) in [4.78, 5) is 0. The van der Waals surface area contributed by atoms with Gasteiger partial charge in [-0.05, 0) is 138 Å². The van der Waals surface area contributed by atoms with Crippen molar-refractivity contribution in [3.05, 3.63) is 92.2 Å². The topological polar surface area (TPSA) is 0 Å². The second-order valence-corrected chi connectivity index (χ2v) is 14.8. The summed E-state index contributed by atoms with van der Waals surface area (Å²) in [6.45, 7) is 0. The van der Waals surface area contributed by atoms with Crippen molar-refractivity contribution in [3.63, 3.8) is 0 Å². The van der Waals surface area contributed by atoms with Crippen LogP contribution < -0.4 is 5.22 Å². The lowest BCUT2D eigenvalue weighted by Crippen LogP contribution is -2.31. The van der Waals surface area contributed by atoms with Gasteiger partial charge in [0.1, 0.15) is 0 Å². The van der Waals surface area contributed by atoms with Gasteiger partial charge in [-0.15, -0.1) is 0 Å². The van der Waals surface area contributed by atoms with Crippen molar-refractivity contribution in [2.24, 2.45) is 17.8 Å². The quantitative estimate of drug-likeness (QED) is 0.145. The maximum absolute atomic E-state index is 2.69. The van der Waals surface area contributed by atoms with Crippen molar-refractivity contribution in [1.82, 2.24) is 0 Å². The summed E-state index contributed by atoms with van der Waals surface area (Å²) in [5, 5.41) is 21.7. The van der Waals surface area contributed by atoms with E-state index in [1.54, 1.807) is 103 Å². The average molecular weight is 499 g/mol. The Morgan fingerprint density at radius 3 is 2.15 bits per heavy atom. The Kier molecular flexibility index (Phi) is 1.83. The van der Waals surface area contributed by atoms with Gasteiger partial charge in [0.2, 0.25) is 0 Å². The standard InChI is InChI=1S/C40H18/c1-2-12-14-5-6-16-18-9-10-20-19-8-7-17-15-4-3-13-11(1)21-22(12)32-24(14)26(16)34-29(18)30(20)35-28(19)27(17)33-25(15)23(13)31(21)36-37(32)39(34)40(35)38(33)36/h1-13,19-23H. The lowest BCUT2D eigenvalue weighted by atomic mass is 9.65. The van der Waals surface area contributed by atoms with Crippen molar-refractivity contribution in [3.8, 4) is 0 Å². The van der Waals surface area contributed by atoms with Crippen LogP contribution in [0.1, 0.15) is 74.1 Å². The summed E-state index contributed by atoms with van der Waals surface area (Å²) in [5.41, 5.74) is 15.1. The zero-order chi connectivity index (χ0) is 24.4. The normalized spacial score (nSPS) is 35.5. The highest BCUT2D eigenvalue weighted by atomic mass is 14.6. The molecule has 16 rings (SSSR count). The van der Waals surface area contributed by atoms with E-state index in [1.165, 1.54) is 10.9 Å². The first-order valence-corrected chi connectivity index (χ1v) is 15.5. The van der Waals surface area contributed by atoms with Gasteiger partial charge in [0.25, 0.3) is 0 Å². The van der Waals surface area contributed by atoms with E-state index in [2.05, 4.69) is 60.7 Å². The molecule has 9 aliphatic carbocycles. The third-order valence-corrected chi connectivity index (χ3v) is 14.3. The van der Waals surface area contributed by atoms with Crippen LogP contribution in [-0.2, 0) is 0 Å². The number of rotatable bonds is 0. The van der Waals surface area contributed by atoms with E-state index >= 15 is 0 Å². The molecule has 7 aromatic rings. The van der Waals surface area contributed by atoms with Crippen LogP contribution in [0.15, 0.2) is 42.5 Å². The molecule has 0 radical (unpaired) electrons. The molecule has 0 nitrogen and oxygen atoms in total. The molecule has 8 unspecified atom stereocenters. The van der Waals surface area contributed by atoms with E-state index < -0.39 is 0 Å². The molecule has 0 spiro atoms. The highest BCUT2D eigenvalue weighted by Crippen LogP contribution is 2.74. The molecule has 9 aliphatic rings. The van der Waals surface area contributed by atoms with Crippen molar-refractivity contribution in [2.45, 2.75) is 29.6 Å². The van der Waals surface area contributed by atoms with E-state index in [-0.39, 0.29) is 0 Å². The Balaban J connectivity index is 1.43. The number of allylic oxidation sites excluding steroid dienone is 5. The minimum Gasteiger partial charge on any atom is -0.0835 e. The van der Waals surface area contributed by atoms with Crippen LogP contribution in [-0.4, -0.2) is 0 Å². The Morgan fingerprint density at radius 1 is 0.425 bits per heavy atom. The van der Waals surface area contributed by atoms with Crippen LogP contribution in [0.25, 0.3) is 88.4 Å². The van der Waals surface area contributed by atoms with Crippen LogP contribution in [0.4, 0.5) is 0 Å². The maximum Gasteiger partial charge on any atom is 0.0142 e. The van der Waals surface area contributed by atoms with Crippen LogP contribution >= 0.6 is 0 Å². The van der Waals surface area contributed by atoms with E-state index in [0.717, 1.165) is 0 Å². The summed E-state index contributed by atoms with van der Waals surface area (Å²) in [5.74, 6) is 4.63. The van der Waals surface area contributed by atoms with Gasteiger partial charge in [-0.3, -0.25) is 0 Å². The fourth-order valence-electron chi connectivity index (χ4n) is 13.7. The summed E-state index contributed by atoms with van der Waals surface area (Å²) in [6.07, 6.45) is 20.9. The molecule has 0 amide bonds. The van der Waals surface area contributed by atoms with Gasteiger partial charge in [-0.1, -0.05) is 60.7 Å². The summed E-state index contributed by atoms with van der Waals surface area (Å²) < 4.78 is 0. The van der Waals surface area contributed by atoms with Crippen molar-refractivity contribution < 1.29 is 0 Å². The molecular weight excluding hydrogens is 480 g/mol. The largest absolute Gasteiger partial charge is 0.0835 e. The Labute approximate surface area is 227 Å². The maximum atomic E-state index is 2.69. The van der Waals surface area contributed by atoms with E-state index in [4.69, 9.17) is 0 Å². The molecule has 0 aromatic heterocycles. The first-order chi connectivity index (χ1) is 19.9. The molecule has 0 bridgehead atoms. The SMILES string of the molecule is C1=CC2C3C4=c5c6c7c8c(ccc9c%10c%11c%12c%13c%14c%15c(c1c3c%15c5c%13c6c%11c98)C=CC%14C%12C=C%10)C1C=CC2C4C71. The third kappa shape index (κ3) is 1.12. The summed E-state index contributed by atoms with van der Waals surface area (Å²) >= 11 is 0. The molecular formula is C40H18. The van der Waals surface area contributed by atoms with Crippen molar-refractivity contribution in [2.75, 3.05) is 0 Å². The minimum atomic E-state index is 0.481. The average Bonchev–Trinajstić information content (AvgIpc) is 3.79. The Hall–Kier alpha value is -4.16. The van der Waals surface area contributed by atoms with Gasteiger partial charge in [-0.2, -0.15) is 0 Å². The zero-order valence-electron chi connectivity index (χ0n) is 21.4. The first-order valence-electron chi connectivity index (χ1n) is 15.5. The monoisotopic (exact) mass is 498 g/mol. The molecule has 8 atom stereocenters. The fraction of sp³-hybridized carbons (Fsp3) is 0.200. The second kappa shape index (κ2) is 4.34. The number of fused-ring (bicyclic) bond motifs is 5. The molecule has 7 aromatic carbocycles. The Bertz CT molecular complexity index is 2840. The molecule has 178 valence electrons. The number of hydrogen-bond acceptors (Lipinski definition) is 0. The molecule has 0 heterocycles. The molecule has 1 fully saturated rings. The van der Waals surface area contributed by atoms with Crippen LogP contribution in [0.5, 0.6) is 0 Å². The predicted octanol–water partition coefficient (Wildman–Crippen LogP) is 8.77. The number of benzene rings is 4.